The van der Waals surface area contributed by atoms with Gasteiger partial charge in [-0.05, 0) is 25.3 Å². The number of phenolic OH excluding ortho intramolecular Hbond substituents is 1. The van der Waals surface area contributed by atoms with Crippen LogP contribution in [0.2, 0.25) is 0 Å². The van der Waals surface area contributed by atoms with Gasteiger partial charge in [0, 0.05) is 31.3 Å². The van der Waals surface area contributed by atoms with E-state index in [4.69, 9.17) is 4.74 Å². The van der Waals surface area contributed by atoms with Crippen molar-refractivity contribution in [1.29, 1.82) is 0 Å². The molecular weight excluding hydrogens is 292 g/mol. The number of phenols is 1. The molecule has 0 aliphatic carbocycles. The first kappa shape index (κ1) is 15.4. The van der Waals surface area contributed by atoms with E-state index >= 15 is 0 Å². The van der Waals surface area contributed by atoms with Gasteiger partial charge in [-0.1, -0.05) is 12.1 Å². The Bertz CT molecular complexity index is 657. The molecule has 6 nitrogen and oxygen atoms in total. The lowest BCUT2D eigenvalue weighted by atomic mass is 10.1. The van der Waals surface area contributed by atoms with Gasteiger partial charge in [0.1, 0.15) is 18.0 Å². The summed E-state index contributed by atoms with van der Waals surface area (Å²) in [6, 6.07) is 7.41. The third kappa shape index (κ3) is 3.64. The van der Waals surface area contributed by atoms with Crippen molar-refractivity contribution in [3.63, 3.8) is 0 Å². The van der Waals surface area contributed by atoms with E-state index in [1.807, 2.05) is 18.2 Å². The Balaban J connectivity index is 1.69. The molecule has 23 heavy (non-hydrogen) atoms. The van der Waals surface area contributed by atoms with Gasteiger partial charge in [-0.15, -0.1) is 0 Å². The van der Waals surface area contributed by atoms with Crippen molar-refractivity contribution in [3.8, 4) is 11.5 Å². The maximum Gasteiger partial charge on any atom is 0.162 e. The minimum absolute atomic E-state index is 0.160. The second kappa shape index (κ2) is 7.17. The first-order chi connectivity index (χ1) is 11.3. The number of hydrogen-bond acceptors (Lipinski definition) is 6. The Morgan fingerprint density at radius 2 is 2.04 bits per heavy atom. The fourth-order valence-corrected chi connectivity index (χ4v) is 2.80. The third-order valence-corrected chi connectivity index (χ3v) is 4.10. The summed E-state index contributed by atoms with van der Waals surface area (Å²) in [7, 11) is 1.54. The van der Waals surface area contributed by atoms with Crippen LogP contribution < -0.4 is 15.0 Å². The van der Waals surface area contributed by atoms with Crippen molar-refractivity contribution in [2.24, 2.45) is 0 Å². The topological polar surface area (TPSA) is 70.5 Å². The molecule has 1 fully saturated rings. The molecule has 0 amide bonds. The lowest BCUT2D eigenvalue weighted by molar-refractivity contribution is 0.371. The molecule has 1 saturated heterocycles. The Hall–Kier alpha value is -2.50. The van der Waals surface area contributed by atoms with Crippen LogP contribution in [0.4, 0.5) is 11.6 Å². The zero-order valence-electron chi connectivity index (χ0n) is 13.3. The molecule has 0 spiro atoms. The lowest BCUT2D eigenvalue weighted by Gasteiger charge is -2.27. The Labute approximate surface area is 136 Å². The summed E-state index contributed by atoms with van der Waals surface area (Å²) in [6.45, 7) is 2.57. The number of piperidine rings is 1. The van der Waals surface area contributed by atoms with Gasteiger partial charge in [-0.3, -0.25) is 0 Å². The van der Waals surface area contributed by atoms with E-state index in [2.05, 4.69) is 20.2 Å². The molecule has 0 unspecified atom stereocenters. The summed E-state index contributed by atoms with van der Waals surface area (Å²) < 4.78 is 5.13. The third-order valence-electron chi connectivity index (χ3n) is 4.10. The average molecular weight is 314 g/mol. The average Bonchev–Trinajstić information content (AvgIpc) is 2.62. The normalized spacial score (nSPS) is 14.6. The number of aromatic nitrogens is 2. The highest BCUT2D eigenvalue weighted by Gasteiger charge is 2.13. The minimum atomic E-state index is 0.160. The van der Waals surface area contributed by atoms with E-state index < -0.39 is 0 Å². The monoisotopic (exact) mass is 314 g/mol. The zero-order chi connectivity index (χ0) is 16.1. The van der Waals surface area contributed by atoms with Crippen molar-refractivity contribution < 1.29 is 9.84 Å². The van der Waals surface area contributed by atoms with Crippen LogP contribution in [0.25, 0.3) is 0 Å². The molecular formula is C17H22N4O2. The van der Waals surface area contributed by atoms with Crippen molar-refractivity contribution in [3.05, 3.63) is 36.2 Å². The van der Waals surface area contributed by atoms with Crippen molar-refractivity contribution in [2.75, 3.05) is 30.4 Å². The van der Waals surface area contributed by atoms with Crippen LogP contribution in [0.5, 0.6) is 11.5 Å². The largest absolute Gasteiger partial charge is 0.504 e. The molecule has 2 heterocycles. The van der Waals surface area contributed by atoms with Crippen LogP contribution in [0.15, 0.2) is 30.6 Å². The van der Waals surface area contributed by atoms with E-state index in [1.54, 1.807) is 19.5 Å². The van der Waals surface area contributed by atoms with Crippen LogP contribution in [0.1, 0.15) is 24.8 Å². The van der Waals surface area contributed by atoms with Gasteiger partial charge in [0.25, 0.3) is 0 Å². The first-order valence-corrected chi connectivity index (χ1v) is 7.93. The molecule has 122 valence electrons. The van der Waals surface area contributed by atoms with E-state index in [0.717, 1.165) is 30.3 Å². The number of methoxy groups -OCH3 is 1. The van der Waals surface area contributed by atoms with Gasteiger partial charge in [-0.2, -0.15) is 0 Å². The van der Waals surface area contributed by atoms with Gasteiger partial charge < -0.3 is 20.1 Å². The number of ether oxygens (including phenoxy) is 1. The molecule has 0 radical (unpaired) electrons. The number of nitrogens with zero attached hydrogens (tertiary/aromatic N) is 3. The SMILES string of the molecule is COc1cccc(CNc2cc(N3CCCCC3)ncn2)c1O. The van der Waals surface area contributed by atoms with Crippen LogP contribution in [0, 0.1) is 0 Å². The molecule has 2 N–H and O–H groups in total. The maximum absolute atomic E-state index is 10.1. The molecule has 1 aliphatic rings. The Morgan fingerprint density at radius 1 is 1.22 bits per heavy atom. The van der Waals surface area contributed by atoms with Crippen LogP contribution in [-0.4, -0.2) is 35.3 Å². The number of aromatic hydroxyl groups is 1. The highest BCUT2D eigenvalue weighted by atomic mass is 16.5. The first-order valence-electron chi connectivity index (χ1n) is 7.93. The smallest absolute Gasteiger partial charge is 0.162 e. The highest BCUT2D eigenvalue weighted by Crippen LogP contribution is 2.29. The van der Waals surface area contributed by atoms with E-state index in [9.17, 15) is 5.11 Å². The summed E-state index contributed by atoms with van der Waals surface area (Å²) in [5.41, 5.74) is 0.766. The van der Waals surface area contributed by atoms with E-state index in [0.29, 0.717) is 12.3 Å². The molecule has 1 aromatic heterocycles. The van der Waals surface area contributed by atoms with E-state index in [1.165, 1.54) is 19.3 Å². The van der Waals surface area contributed by atoms with E-state index in [-0.39, 0.29) is 5.75 Å². The maximum atomic E-state index is 10.1. The summed E-state index contributed by atoms with van der Waals surface area (Å²) in [5.74, 6) is 2.34. The van der Waals surface area contributed by atoms with Crippen LogP contribution in [-0.2, 0) is 6.54 Å². The van der Waals surface area contributed by atoms with Gasteiger partial charge in [0.15, 0.2) is 11.5 Å². The highest BCUT2D eigenvalue weighted by molar-refractivity contribution is 5.51. The molecule has 0 bridgehead atoms. The Morgan fingerprint density at radius 3 is 2.83 bits per heavy atom. The standard InChI is InChI=1S/C17H22N4O2/c1-23-14-7-5-6-13(17(14)22)11-18-15-10-16(20-12-19-15)21-8-3-2-4-9-21/h5-7,10,12,22H,2-4,8-9,11H2,1H3,(H,18,19,20). The lowest BCUT2D eigenvalue weighted by Crippen LogP contribution is -2.30. The van der Waals surface area contributed by atoms with Crippen molar-refractivity contribution in [2.45, 2.75) is 25.8 Å². The molecule has 3 rings (SSSR count). The Kier molecular flexibility index (Phi) is 4.80. The predicted molar refractivity (Wildman–Crippen MR) is 90.1 cm³/mol. The molecule has 6 heteroatoms. The summed E-state index contributed by atoms with van der Waals surface area (Å²) in [5, 5.41) is 13.4. The second-order valence-corrected chi connectivity index (χ2v) is 5.63. The minimum Gasteiger partial charge on any atom is -0.504 e. The second-order valence-electron chi connectivity index (χ2n) is 5.63. The number of benzene rings is 1. The fourth-order valence-electron chi connectivity index (χ4n) is 2.80. The van der Waals surface area contributed by atoms with Gasteiger partial charge in [-0.25, -0.2) is 9.97 Å². The van der Waals surface area contributed by atoms with Crippen LogP contribution in [0.3, 0.4) is 0 Å². The summed E-state index contributed by atoms with van der Waals surface area (Å²) in [4.78, 5) is 10.9. The van der Waals surface area contributed by atoms with Gasteiger partial charge in [0.05, 0.1) is 7.11 Å². The zero-order valence-corrected chi connectivity index (χ0v) is 13.3. The number of rotatable bonds is 5. The number of anilines is 2. The number of nitrogens with one attached hydrogen (secondary N) is 1. The summed E-state index contributed by atoms with van der Waals surface area (Å²) >= 11 is 0. The molecule has 0 saturated carbocycles. The summed E-state index contributed by atoms with van der Waals surface area (Å²) in [6.07, 6.45) is 5.30. The predicted octanol–water partition coefficient (Wildman–Crippen LogP) is 2.79. The molecule has 2 aromatic rings. The van der Waals surface area contributed by atoms with Gasteiger partial charge >= 0.3 is 0 Å². The van der Waals surface area contributed by atoms with Crippen molar-refractivity contribution >= 4 is 11.6 Å². The molecule has 0 atom stereocenters. The molecule has 1 aliphatic heterocycles. The molecule has 1 aromatic carbocycles. The number of para-hydroxylation sites is 1. The fraction of sp³-hybridized carbons (Fsp3) is 0.412. The van der Waals surface area contributed by atoms with Gasteiger partial charge in [0.2, 0.25) is 0 Å². The number of hydrogen-bond donors (Lipinski definition) is 2. The quantitative estimate of drug-likeness (QED) is 0.884. The van der Waals surface area contributed by atoms with Crippen LogP contribution >= 0.6 is 0 Å². The van der Waals surface area contributed by atoms with Crippen molar-refractivity contribution in [1.82, 2.24) is 9.97 Å².